The average Bonchev–Trinajstić information content (AvgIpc) is 2.76. The molecule has 0 aliphatic carbocycles. The van der Waals surface area contributed by atoms with Gasteiger partial charge in [0, 0.05) is 18.0 Å². The van der Waals surface area contributed by atoms with Gasteiger partial charge in [0.25, 0.3) is 0 Å². The molecule has 0 N–H and O–H groups in total. The van der Waals surface area contributed by atoms with E-state index >= 15 is 0 Å². The number of halogens is 1. The Hall–Kier alpha value is -0.100. The maximum absolute atomic E-state index is 12.6. The van der Waals surface area contributed by atoms with Crippen LogP contribution in [0.15, 0.2) is 16.3 Å². The van der Waals surface area contributed by atoms with Crippen LogP contribution in [0.25, 0.3) is 0 Å². The molecule has 0 unspecified atom stereocenters. The third-order valence-electron chi connectivity index (χ3n) is 3.31. The molecule has 0 aromatic carbocycles. The highest BCUT2D eigenvalue weighted by Gasteiger charge is 2.35. The predicted octanol–water partition coefficient (Wildman–Crippen LogP) is 3.30. The highest BCUT2D eigenvalue weighted by molar-refractivity contribution is 7.89. The molecule has 1 aliphatic rings. The Balaban J connectivity index is 2.32. The lowest BCUT2D eigenvalue weighted by molar-refractivity contribution is 0.187. The fourth-order valence-corrected chi connectivity index (χ4v) is 5.71. The first-order valence-corrected chi connectivity index (χ1v) is 8.85. The Labute approximate surface area is 118 Å². The molecule has 0 radical (unpaired) electrons. The number of piperidine rings is 1. The quantitative estimate of drug-likeness (QED) is 0.804. The predicted molar refractivity (Wildman–Crippen MR) is 75.6 cm³/mol. The van der Waals surface area contributed by atoms with Crippen LogP contribution in [0.4, 0.5) is 0 Å². The van der Waals surface area contributed by atoms with E-state index in [1.807, 2.05) is 0 Å². The lowest BCUT2D eigenvalue weighted by Crippen LogP contribution is -2.43. The zero-order valence-electron chi connectivity index (χ0n) is 10.6. The summed E-state index contributed by atoms with van der Waals surface area (Å²) < 4.78 is 26.8. The van der Waals surface area contributed by atoms with Crippen molar-refractivity contribution in [2.45, 2.75) is 37.5 Å². The molecule has 2 heterocycles. The molecule has 102 valence electrons. The number of hydrogen-bond donors (Lipinski definition) is 0. The van der Waals surface area contributed by atoms with E-state index in [1.54, 1.807) is 15.8 Å². The van der Waals surface area contributed by atoms with Crippen molar-refractivity contribution in [2.24, 2.45) is 5.41 Å². The van der Waals surface area contributed by atoms with Gasteiger partial charge in [-0.1, -0.05) is 13.8 Å². The van der Waals surface area contributed by atoms with Crippen LogP contribution in [0.1, 0.15) is 31.6 Å². The second-order valence-electron chi connectivity index (χ2n) is 5.45. The molecule has 1 fully saturated rings. The van der Waals surface area contributed by atoms with E-state index in [0.29, 0.717) is 18.0 Å². The Kier molecular flexibility index (Phi) is 4.07. The van der Waals surface area contributed by atoms with Gasteiger partial charge in [-0.05, 0) is 29.7 Å². The van der Waals surface area contributed by atoms with Gasteiger partial charge in [-0.3, -0.25) is 0 Å². The smallest absolute Gasteiger partial charge is 0.207 e. The molecule has 3 nitrogen and oxygen atoms in total. The van der Waals surface area contributed by atoms with Crippen LogP contribution >= 0.6 is 22.9 Å². The number of sulfonamides is 1. The summed E-state index contributed by atoms with van der Waals surface area (Å²) >= 11 is 7.20. The van der Waals surface area contributed by atoms with Gasteiger partial charge in [0.05, 0.1) is 10.8 Å². The molecule has 2 rings (SSSR count). The van der Waals surface area contributed by atoms with Crippen molar-refractivity contribution in [3.05, 3.63) is 16.3 Å². The number of rotatable bonds is 3. The maximum Gasteiger partial charge on any atom is 0.244 e. The molecule has 18 heavy (non-hydrogen) atoms. The Morgan fingerprint density at radius 3 is 2.83 bits per heavy atom. The van der Waals surface area contributed by atoms with E-state index < -0.39 is 10.0 Å². The van der Waals surface area contributed by atoms with Crippen LogP contribution in [0, 0.1) is 5.41 Å². The number of hydrogen-bond acceptors (Lipinski definition) is 3. The molecule has 0 atom stereocenters. The fourth-order valence-electron chi connectivity index (χ4n) is 2.37. The normalized spacial score (nSPS) is 21.1. The summed E-state index contributed by atoms with van der Waals surface area (Å²) in [6.45, 7) is 5.44. The molecule has 0 spiro atoms. The van der Waals surface area contributed by atoms with Crippen LogP contribution in [-0.4, -0.2) is 25.8 Å². The summed E-state index contributed by atoms with van der Waals surface area (Å²) in [6, 6.07) is 1.67. The summed E-state index contributed by atoms with van der Waals surface area (Å²) in [5, 5.41) is 1.79. The Morgan fingerprint density at radius 2 is 2.22 bits per heavy atom. The molecule has 1 saturated heterocycles. The van der Waals surface area contributed by atoms with Gasteiger partial charge in [0.2, 0.25) is 10.0 Å². The van der Waals surface area contributed by atoms with Crippen molar-refractivity contribution in [2.75, 3.05) is 13.1 Å². The van der Waals surface area contributed by atoms with Gasteiger partial charge in [0.1, 0.15) is 0 Å². The second-order valence-corrected chi connectivity index (χ2v) is 8.62. The van der Waals surface area contributed by atoms with Crippen molar-refractivity contribution in [1.82, 2.24) is 4.31 Å². The monoisotopic (exact) mass is 307 g/mol. The third kappa shape index (κ3) is 2.74. The minimum atomic E-state index is -3.37. The van der Waals surface area contributed by atoms with Gasteiger partial charge >= 0.3 is 0 Å². The molecule has 1 aromatic rings. The van der Waals surface area contributed by atoms with Crippen molar-refractivity contribution in [3.8, 4) is 0 Å². The molecule has 0 saturated carbocycles. The number of thiophene rings is 1. The van der Waals surface area contributed by atoms with Crippen LogP contribution in [0.3, 0.4) is 0 Å². The summed E-state index contributed by atoms with van der Waals surface area (Å²) in [7, 11) is -3.37. The molecule has 6 heteroatoms. The van der Waals surface area contributed by atoms with Crippen molar-refractivity contribution in [3.63, 3.8) is 0 Å². The summed E-state index contributed by atoms with van der Waals surface area (Å²) in [5.41, 5.74) is 0.0580. The molecule has 1 aliphatic heterocycles. The summed E-state index contributed by atoms with van der Waals surface area (Å²) in [4.78, 5) is 1.13. The standard InChI is InChI=1S/C12H18ClNO2S2/c1-12(2)5-3-6-14(9-12)18(15,16)11-4-7-17-10(11)8-13/h4,7H,3,5-6,8-9H2,1-2H3. The van der Waals surface area contributed by atoms with Gasteiger partial charge in [0.15, 0.2) is 0 Å². The zero-order chi connectivity index (χ0) is 13.4. The average molecular weight is 308 g/mol. The zero-order valence-corrected chi connectivity index (χ0v) is 13.0. The van der Waals surface area contributed by atoms with Crippen LogP contribution in [0.5, 0.6) is 0 Å². The van der Waals surface area contributed by atoms with E-state index in [2.05, 4.69) is 13.8 Å². The second kappa shape index (κ2) is 5.12. The minimum Gasteiger partial charge on any atom is -0.207 e. The fraction of sp³-hybridized carbons (Fsp3) is 0.667. The molecular weight excluding hydrogens is 290 g/mol. The SMILES string of the molecule is CC1(C)CCCN(S(=O)(=O)c2ccsc2CCl)C1. The third-order valence-corrected chi connectivity index (χ3v) is 6.71. The number of alkyl halides is 1. The molecular formula is C12H18ClNO2S2. The summed E-state index contributed by atoms with van der Waals surface area (Å²) in [6.07, 6.45) is 2.00. The molecule has 1 aromatic heterocycles. The van der Waals surface area contributed by atoms with E-state index in [-0.39, 0.29) is 11.3 Å². The highest BCUT2D eigenvalue weighted by Crippen LogP contribution is 2.34. The Morgan fingerprint density at radius 1 is 1.50 bits per heavy atom. The highest BCUT2D eigenvalue weighted by atomic mass is 35.5. The molecule has 0 bridgehead atoms. The first-order valence-electron chi connectivity index (χ1n) is 5.99. The topological polar surface area (TPSA) is 37.4 Å². The van der Waals surface area contributed by atoms with Gasteiger partial charge in [-0.15, -0.1) is 22.9 Å². The summed E-state index contributed by atoms with van der Waals surface area (Å²) in [5.74, 6) is 0.253. The van der Waals surface area contributed by atoms with Crippen molar-refractivity contribution < 1.29 is 8.42 Å². The first-order chi connectivity index (χ1) is 8.37. The van der Waals surface area contributed by atoms with Gasteiger partial charge in [-0.2, -0.15) is 4.31 Å². The van der Waals surface area contributed by atoms with Gasteiger partial charge < -0.3 is 0 Å². The van der Waals surface area contributed by atoms with Crippen LogP contribution in [-0.2, 0) is 15.9 Å². The van der Waals surface area contributed by atoms with Crippen molar-refractivity contribution in [1.29, 1.82) is 0 Å². The first kappa shape index (κ1) is 14.3. The lowest BCUT2D eigenvalue weighted by atomic mass is 9.85. The maximum atomic E-state index is 12.6. The van der Waals surface area contributed by atoms with Crippen LogP contribution in [0.2, 0.25) is 0 Å². The van der Waals surface area contributed by atoms with Crippen LogP contribution < -0.4 is 0 Å². The van der Waals surface area contributed by atoms with Crippen molar-refractivity contribution >= 4 is 33.0 Å². The van der Waals surface area contributed by atoms with E-state index in [0.717, 1.165) is 17.7 Å². The Bertz CT molecular complexity index is 522. The molecule has 0 amide bonds. The largest absolute Gasteiger partial charge is 0.244 e. The number of nitrogens with zero attached hydrogens (tertiary/aromatic N) is 1. The van der Waals surface area contributed by atoms with E-state index in [9.17, 15) is 8.42 Å². The minimum absolute atomic E-state index is 0.0580. The van der Waals surface area contributed by atoms with E-state index in [4.69, 9.17) is 11.6 Å². The lowest BCUT2D eigenvalue weighted by Gasteiger charge is -2.37. The van der Waals surface area contributed by atoms with Gasteiger partial charge in [-0.25, -0.2) is 8.42 Å². The van der Waals surface area contributed by atoms with E-state index in [1.165, 1.54) is 11.3 Å².